The molecule has 0 fully saturated rings. The summed E-state index contributed by atoms with van der Waals surface area (Å²) in [5, 5.41) is 9.26. The Kier molecular flexibility index (Phi) is 6.62. The summed E-state index contributed by atoms with van der Waals surface area (Å²) in [6.07, 6.45) is 4.18. The Balaban J connectivity index is 3.04. The van der Waals surface area contributed by atoms with Crippen LogP contribution in [0.2, 0.25) is 0 Å². The highest BCUT2D eigenvalue weighted by Gasteiger charge is 2.20. The molecule has 0 radical (unpaired) electrons. The molecule has 0 atom stereocenters. The van der Waals surface area contributed by atoms with Gasteiger partial charge >= 0.3 is 5.97 Å². The van der Waals surface area contributed by atoms with Gasteiger partial charge < -0.3 is 9.94 Å². The predicted octanol–water partition coefficient (Wildman–Crippen LogP) is 3.14. The number of rotatable bonds is 9. The second-order valence-corrected chi connectivity index (χ2v) is 4.77. The molecule has 0 amide bonds. The molecule has 1 aromatic carbocycles. The van der Waals surface area contributed by atoms with Crippen LogP contribution in [-0.4, -0.2) is 23.4 Å². The first-order valence-electron chi connectivity index (χ1n) is 6.95. The average molecular weight is 291 g/mol. The van der Waals surface area contributed by atoms with Crippen molar-refractivity contribution in [2.24, 2.45) is 0 Å². The summed E-state index contributed by atoms with van der Waals surface area (Å²) in [5.74, 6) is -1.47. The molecule has 1 rings (SSSR count). The maximum absolute atomic E-state index is 11.9. The molecular formula is C16H21NO4. The molecular weight excluding hydrogens is 270 g/mol. The molecule has 0 spiro atoms. The number of carbonyl (C=O) groups is 2. The molecule has 0 unspecified atom stereocenters. The Labute approximate surface area is 124 Å². The molecule has 0 aliphatic heterocycles. The van der Waals surface area contributed by atoms with Gasteiger partial charge in [0.15, 0.2) is 11.5 Å². The van der Waals surface area contributed by atoms with Crippen LogP contribution in [-0.2, 0) is 0 Å². The molecule has 5 nitrogen and oxygen atoms in total. The Hall–Kier alpha value is -2.14. The van der Waals surface area contributed by atoms with Gasteiger partial charge in [0.2, 0.25) is 0 Å². The average Bonchev–Trinajstić information content (AvgIpc) is 2.46. The van der Waals surface area contributed by atoms with Crippen molar-refractivity contribution in [3.63, 3.8) is 0 Å². The minimum Gasteiger partial charge on any atom is -0.478 e. The number of carbonyl (C=O) groups excluding carboxylic acids is 1. The first kappa shape index (κ1) is 16.9. The van der Waals surface area contributed by atoms with E-state index in [4.69, 9.17) is 4.84 Å². The Morgan fingerprint density at radius 2 is 2.00 bits per heavy atom. The van der Waals surface area contributed by atoms with Gasteiger partial charge in [-0.05, 0) is 37.1 Å². The highest BCUT2D eigenvalue weighted by molar-refractivity contribution is 6.08. The fourth-order valence-electron chi connectivity index (χ4n) is 1.91. The number of nitrogens with one attached hydrogen (secondary N) is 1. The molecule has 0 aliphatic rings. The van der Waals surface area contributed by atoms with Gasteiger partial charge in [0, 0.05) is 6.54 Å². The van der Waals surface area contributed by atoms with E-state index in [1.807, 2.05) is 0 Å². The van der Waals surface area contributed by atoms with Crippen LogP contribution < -0.4 is 10.3 Å². The quantitative estimate of drug-likeness (QED) is 0.316. The van der Waals surface area contributed by atoms with Crippen molar-refractivity contribution < 1.29 is 19.5 Å². The number of ketones is 1. The minimum atomic E-state index is -1.14. The van der Waals surface area contributed by atoms with E-state index in [-0.39, 0.29) is 22.7 Å². The van der Waals surface area contributed by atoms with Crippen LogP contribution in [0.4, 0.5) is 0 Å². The smallest absolute Gasteiger partial charge is 0.339 e. The summed E-state index contributed by atoms with van der Waals surface area (Å²) in [6, 6.07) is 3.07. The van der Waals surface area contributed by atoms with E-state index < -0.39 is 5.97 Å². The van der Waals surface area contributed by atoms with Crippen molar-refractivity contribution in [1.29, 1.82) is 0 Å². The van der Waals surface area contributed by atoms with Crippen molar-refractivity contribution in [2.45, 2.75) is 33.1 Å². The zero-order valence-corrected chi connectivity index (χ0v) is 12.4. The lowest BCUT2D eigenvalue weighted by molar-refractivity contribution is 0.0687. The third-order valence-corrected chi connectivity index (χ3v) is 2.97. The van der Waals surface area contributed by atoms with E-state index in [2.05, 4.69) is 19.0 Å². The summed E-state index contributed by atoms with van der Waals surface area (Å²) in [5.41, 5.74) is 3.56. The van der Waals surface area contributed by atoms with Gasteiger partial charge in [0.1, 0.15) is 5.56 Å². The number of benzene rings is 1. The van der Waals surface area contributed by atoms with Crippen LogP contribution in [0.1, 0.15) is 52.5 Å². The number of aryl methyl sites for hydroxylation is 1. The van der Waals surface area contributed by atoms with Gasteiger partial charge in [-0.15, -0.1) is 0 Å². The van der Waals surface area contributed by atoms with Gasteiger partial charge in [0.05, 0.1) is 5.56 Å². The maximum atomic E-state index is 11.9. The maximum Gasteiger partial charge on any atom is 0.339 e. The first-order chi connectivity index (χ1) is 10.0. The fourth-order valence-corrected chi connectivity index (χ4v) is 1.91. The van der Waals surface area contributed by atoms with E-state index in [1.165, 1.54) is 6.07 Å². The lowest BCUT2D eigenvalue weighted by Crippen LogP contribution is -2.23. The minimum absolute atomic E-state index is 0.0366. The molecule has 2 N–H and O–H groups in total. The third kappa shape index (κ3) is 4.72. The highest BCUT2D eigenvalue weighted by Crippen LogP contribution is 2.26. The zero-order chi connectivity index (χ0) is 15.8. The van der Waals surface area contributed by atoms with Gasteiger partial charge in [-0.3, -0.25) is 4.79 Å². The molecule has 0 aliphatic carbocycles. The molecule has 0 bridgehead atoms. The van der Waals surface area contributed by atoms with Crippen LogP contribution in [0.3, 0.4) is 0 Å². The number of carboxylic acids is 1. The Morgan fingerprint density at radius 3 is 2.57 bits per heavy atom. The molecule has 1 aromatic rings. The molecule has 0 saturated heterocycles. The van der Waals surface area contributed by atoms with Gasteiger partial charge in [0.25, 0.3) is 0 Å². The van der Waals surface area contributed by atoms with Crippen LogP contribution in [0.5, 0.6) is 5.75 Å². The van der Waals surface area contributed by atoms with Crippen molar-refractivity contribution >= 4 is 11.8 Å². The summed E-state index contributed by atoms with van der Waals surface area (Å²) < 4.78 is 0. The number of carboxylic acid groups (broad SMARTS) is 1. The van der Waals surface area contributed by atoms with Crippen molar-refractivity contribution in [2.75, 3.05) is 6.54 Å². The Bertz CT molecular complexity index is 537. The standard InChI is InChI=1S/C16H21NO4/c1-4-6-7-8-17-21-15-12(14(18)5-2)9-11(3)10-13(15)16(19)20/h5,9-10,17H,2,4,6-8H2,1,3H3,(H,19,20). The first-order valence-corrected chi connectivity index (χ1v) is 6.95. The number of aromatic carboxylic acids is 1. The normalized spacial score (nSPS) is 10.2. The van der Waals surface area contributed by atoms with Crippen LogP contribution in [0.15, 0.2) is 24.8 Å². The zero-order valence-electron chi connectivity index (χ0n) is 12.4. The summed E-state index contributed by atoms with van der Waals surface area (Å²) in [6.45, 7) is 7.83. The fraction of sp³-hybridized carbons (Fsp3) is 0.375. The molecule has 5 heteroatoms. The van der Waals surface area contributed by atoms with E-state index in [9.17, 15) is 14.7 Å². The number of allylic oxidation sites excluding steroid dienone is 1. The van der Waals surface area contributed by atoms with Crippen LogP contribution in [0.25, 0.3) is 0 Å². The molecule has 0 saturated carbocycles. The number of hydrogen-bond acceptors (Lipinski definition) is 4. The SMILES string of the molecule is C=CC(=O)c1cc(C)cc(C(=O)O)c1ONCCCCC. The van der Waals surface area contributed by atoms with E-state index in [1.54, 1.807) is 13.0 Å². The van der Waals surface area contributed by atoms with Crippen molar-refractivity contribution in [1.82, 2.24) is 5.48 Å². The second kappa shape index (κ2) is 8.21. The largest absolute Gasteiger partial charge is 0.478 e. The van der Waals surface area contributed by atoms with Crippen molar-refractivity contribution in [3.8, 4) is 5.75 Å². The molecule has 21 heavy (non-hydrogen) atoms. The van der Waals surface area contributed by atoms with E-state index >= 15 is 0 Å². The lowest BCUT2D eigenvalue weighted by atomic mass is 10.0. The van der Waals surface area contributed by atoms with E-state index in [0.29, 0.717) is 12.1 Å². The Morgan fingerprint density at radius 1 is 1.33 bits per heavy atom. The highest BCUT2D eigenvalue weighted by atomic mass is 16.6. The predicted molar refractivity (Wildman–Crippen MR) is 80.8 cm³/mol. The summed E-state index contributed by atoms with van der Waals surface area (Å²) in [4.78, 5) is 28.6. The van der Waals surface area contributed by atoms with Gasteiger partial charge in [-0.2, -0.15) is 5.48 Å². The number of unbranched alkanes of at least 4 members (excludes halogenated alkanes) is 2. The van der Waals surface area contributed by atoms with Crippen LogP contribution >= 0.6 is 0 Å². The topological polar surface area (TPSA) is 75.6 Å². The number of hydroxylamine groups is 1. The summed E-state index contributed by atoms with van der Waals surface area (Å²) in [7, 11) is 0. The van der Waals surface area contributed by atoms with Crippen molar-refractivity contribution in [3.05, 3.63) is 41.5 Å². The van der Waals surface area contributed by atoms with Crippen LogP contribution in [0, 0.1) is 6.92 Å². The monoisotopic (exact) mass is 291 g/mol. The number of hydrogen-bond donors (Lipinski definition) is 2. The second-order valence-electron chi connectivity index (χ2n) is 4.77. The van der Waals surface area contributed by atoms with Gasteiger partial charge in [-0.25, -0.2) is 4.79 Å². The van der Waals surface area contributed by atoms with E-state index in [0.717, 1.165) is 25.3 Å². The molecule has 0 aromatic heterocycles. The third-order valence-electron chi connectivity index (χ3n) is 2.97. The summed E-state index contributed by atoms with van der Waals surface area (Å²) >= 11 is 0. The lowest BCUT2D eigenvalue weighted by Gasteiger charge is -2.14. The van der Waals surface area contributed by atoms with Gasteiger partial charge in [-0.1, -0.05) is 26.3 Å². The molecule has 0 heterocycles. The molecule has 114 valence electrons.